The van der Waals surface area contributed by atoms with Crippen molar-refractivity contribution in [1.82, 2.24) is 14.9 Å². The third-order valence-electron chi connectivity index (χ3n) is 6.87. The van der Waals surface area contributed by atoms with Gasteiger partial charge in [0.1, 0.15) is 12.4 Å². The van der Waals surface area contributed by atoms with Crippen LogP contribution in [0.2, 0.25) is 0 Å². The molecule has 0 spiro atoms. The van der Waals surface area contributed by atoms with E-state index in [0.717, 1.165) is 49.5 Å². The molecule has 3 heterocycles. The number of piperidine rings is 1. The highest BCUT2D eigenvalue weighted by Gasteiger charge is 2.51. The molecule has 1 saturated carbocycles. The lowest BCUT2D eigenvalue weighted by atomic mass is 9.63. The van der Waals surface area contributed by atoms with Crippen molar-refractivity contribution in [3.63, 3.8) is 0 Å². The van der Waals surface area contributed by atoms with Crippen LogP contribution in [0.5, 0.6) is 5.75 Å². The fourth-order valence-electron chi connectivity index (χ4n) is 5.33. The van der Waals surface area contributed by atoms with Crippen molar-refractivity contribution in [2.45, 2.75) is 38.0 Å². The monoisotopic (exact) mass is 415 g/mol. The maximum absolute atomic E-state index is 11.7. The number of ether oxygens (including phenoxy) is 1. The fourth-order valence-corrected chi connectivity index (χ4v) is 5.33. The molecule has 5 rings (SSSR count). The molecular weight excluding hydrogens is 386 g/mol. The molecule has 2 fully saturated rings. The first-order valence-electron chi connectivity index (χ1n) is 11.2. The summed E-state index contributed by atoms with van der Waals surface area (Å²) in [7, 11) is 0. The molecule has 1 unspecified atom stereocenters. The number of aliphatic hydroxyl groups is 1. The van der Waals surface area contributed by atoms with Crippen LogP contribution in [0.4, 0.5) is 0 Å². The van der Waals surface area contributed by atoms with Crippen LogP contribution in [0.25, 0.3) is 0 Å². The van der Waals surface area contributed by atoms with E-state index in [0.29, 0.717) is 6.61 Å². The summed E-state index contributed by atoms with van der Waals surface area (Å²) in [6.07, 6.45) is 8.75. The minimum absolute atomic E-state index is 0.255. The molecule has 1 saturated heterocycles. The molecule has 0 amide bonds. The Balaban J connectivity index is 1.22. The lowest BCUT2D eigenvalue weighted by Crippen LogP contribution is -2.57. The Morgan fingerprint density at radius 1 is 0.968 bits per heavy atom. The van der Waals surface area contributed by atoms with Gasteiger partial charge in [0.25, 0.3) is 0 Å². The van der Waals surface area contributed by atoms with Gasteiger partial charge in [0.05, 0.1) is 11.3 Å². The number of likely N-dealkylation sites (tertiary alicyclic amines) is 1. The van der Waals surface area contributed by atoms with Crippen LogP contribution in [0.3, 0.4) is 0 Å². The van der Waals surface area contributed by atoms with E-state index in [-0.39, 0.29) is 11.8 Å². The van der Waals surface area contributed by atoms with Gasteiger partial charge >= 0.3 is 0 Å². The smallest absolute Gasteiger partial charge is 0.130 e. The molecule has 5 nitrogen and oxygen atoms in total. The van der Waals surface area contributed by atoms with E-state index in [2.05, 4.69) is 27.0 Å². The molecule has 160 valence electrons. The molecular formula is C26H29N3O2. The minimum Gasteiger partial charge on any atom is -0.487 e. The molecule has 3 atom stereocenters. The highest BCUT2D eigenvalue weighted by atomic mass is 16.5. The topological polar surface area (TPSA) is 58.5 Å². The average Bonchev–Trinajstić information content (AvgIpc) is 2.81. The van der Waals surface area contributed by atoms with Crippen LogP contribution >= 0.6 is 0 Å². The number of nitrogens with zero attached hydrogens (tertiary/aromatic N) is 3. The molecule has 1 aliphatic heterocycles. The normalized spacial score (nSPS) is 25.8. The summed E-state index contributed by atoms with van der Waals surface area (Å²) in [5.74, 6) is 1.37. The van der Waals surface area contributed by atoms with E-state index in [9.17, 15) is 5.11 Å². The third kappa shape index (κ3) is 4.21. The van der Waals surface area contributed by atoms with Crippen molar-refractivity contribution in [3.8, 4) is 5.75 Å². The summed E-state index contributed by atoms with van der Waals surface area (Å²) in [4.78, 5) is 11.1. The summed E-state index contributed by atoms with van der Waals surface area (Å²) >= 11 is 0. The predicted octanol–water partition coefficient (Wildman–Crippen LogP) is 4.18. The number of rotatable bonds is 6. The summed E-state index contributed by atoms with van der Waals surface area (Å²) < 4.78 is 5.86. The van der Waals surface area contributed by atoms with Crippen molar-refractivity contribution in [2.24, 2.45) is 11.8 Å². The van der Waals surface area contributed by atoms with Gasteiger partial charge in [-0.2, -0.15) is 0 Å². The van der Waals surface area contributed by atoms with E-state index in [1.54, 1.807) is 12.4 Å². The van der Waals surface area contributed by atoms with Crippen LogP contribution in [0.15, 0.2) is 73.2 Å². The van der Waals surface area contributed by atoms with Crippen LogP contribution in [0.1, 0.15) is 36.1 Å². The van der Waals surface area contributed by atoms with Crippen molar-refractivity contribution >= 4 is 0 Å². The number of benzene rings is 1. The van der Waals surface area contributed by atoms with Gasteiger partial charge in [-0.05, 0) is 48.7 Å². The zero-order valence-corrected chi connectivity index (χ0v) is 17.7. The Hall–Kier alpha value is -2.76. The van der Waals surface area contributed by atoms with Crippen molar-refractivity contribution in [3.05, 3.63) is 90.0 Å². The molecule has 0 radical (unpaired) electrons. The van der Waals surface area contributed by atoms with Gasteiger partial charge in [-0.1, -0.05) is 30.7 Å². The first-order chi connectivity index (χ1) is 15.2. The average molecular weight is 416 g/mol. The largest absolute Gasteiger partial charge is 0.487 e. The third-order valence-corrected chi connectivity index (χ3v) is 6.87. The Morgan fingerprint density at radius 2 is 1.77 bits per heavy atom. The lowest BCUT2D eigenvalue weighted by Gasteiger charge is -2.53. The predicted molar refractivity (Wildman–Crippen MR) is 119 cm³/mol. The van der Waals surface area contributed by atoms with Gasteiger partial charge in [-0.15, -0.1) is 0 Å². The summed E-state index contributed by atoms with van der Waals surface area (Å²) in [6, 6.07) is 18.2. The number of pyridine rings is 2. The minimum atomic E-state index is -0.744. The molecule has 31 heavy (non-hydrogen) atoms. The van der Waals surface area contributed by atoms with Gasteiger partial charge in [-0.3, -0.25) is 14.9 Å². The highest BCUT2D eigenvalue weighted by Crippen LogP contribution is 2.49. The molecule has 5 heteroatoms. The van der Waals surface area contributed by atoms with Crippen LogP contribution in [-0.2, 0) is 18.8 Å². The quantitative estimate of drug-likeness (QED) is 0.655. The van der Waals surface area contributed by atoms with Crippen molar-refractivity contribution in [1.29, 1.82) is 0 Å². The molecule has 2 bridgehead atoms. The number of aromatic nitrogens is 2. The molecule has 2 aromatic heterocycles. The second kappa shape index (κ2) is 8.77. The molecule has 2 aliphatic rings. The lowest BCUT2D eigenvalue weighted by molar-refractivity contribution is -0.148. The molecule has 3 aromatic rings. The van der Waals surface area contributed by atoms with E-state index < -0.39 is 5.60 Å². The Kier molecular flexibility index (Phi) is 5.70. The second-order valence-corrected chi connectivity index (χ2v) is 8.84. The first-order valence-corrected chi connectivity index (χ1v) is 11.2. The molecule has 1 aromatic carbocycles. The number of hydrogen-bond donors (Lipinski definition) is 1. The molecule has 1 N–H and O–H groups in total. The maximum Gasteiger partial charge on any atom is 0.130 e. The molecule has 1 aliphatic carbocycles. The number of hydrogen-bond acceptors (Lipinski definition) is 5. The Bertz CT molecular complexity index is 965. The fraction of sp³-hybridized carbons (Fsp3) is 0.385. The van der Waals surface area contributed by atoms with E-state index in [1.807, 2.05) is 48.7 Å². The van der Waals surface area contributed by atoms with E-state index >= 15 is 0 Å². The van der Waals surface area contributed by atoms with Crippen molar-refractivity contribution < 1.29 is 9.84 Å². The van der Waals surface area contributed by atoms with Gasteiger partial charge < -0.3 is 9.84 Å². The van der Waals surface area contributed by atoms with Crippen LogP contribution < -0.4 is 4.74 Å². The summed E-state index contributed by atoms with van der Waals surface area (Å²) in [6.45, 7) is 3.21. The SMILES string of the molecule is OC1(c2cccnc2)[C@@H]2CCC[C@H]1CN(Cc1ccc(OCc3ccccn3)cc1)C2. The van der Waals surface area contributed by atoms with Gasteiger partial charge in [0, 0.05) is 55.6 Å². The maximum atomic E-state index is 11.7. The first kappa shape index (κ1) is 20.2. The van der Waals surface area contributed by atoms with Gasteiger partial charge in [0.2, 0.25) is 0 Å². The van der Waals surface area contributed by atoms with E-state index in [4.69, 9.17) is 4.74 Å². The van der Waals surface area contributed by atoms with Gasteiger partial charge in [0.15, 0.2) is 0 Å². The summed E-state index contributed by atoms with van der Waals surface area (Å²) in [5.41, 5.74) is 2.44. The Morgan fingerprint density at radius 3 is 2.45 bits per heavy atom. The number of fused-ring (bicyclic) bond motifs is 2. The Labute approximate surface area is 183 Å². The second-order valence-electron chi connectivity index (χ2n) is 8.84. The summed E-state index contributed by atoms with van der Waals surface area (Å²) in [5, 5.41) is 11.7. The van der Waals surface area contributed by atoms with Crippen LogP contribution in [-0.4, -0.2) is 33.1 Å². The highest BCUT2D eigenvalue weighted by molar-refractivity contribution is 5.28. The van der Waals surface area contributed by atoms with E-state index in [1.165, 1.54) is 12.0 Å². The standard InChI is InChI=1S/C26H29N3O2/c30-26(21-7-4-13-27-15-21)22-5-3-6-23(26)18-29(17-22)16-20-9-11-25(12-10-20)31-19-24-8-1-2-14-28-24/h1-2,4,7-15,22-23,30H,3,5-6,16-19H2/t22-,23+,26?. The zero-order chi connectivity index (χ0) is 21.1. The van der Waals surface area contributed by atoms with Crippen LogP contribution in [0, 0.1) is 11.8 Å². The van der Waals surface area contributed by atoms with Gasteiger partial charge in [-0.25, -0.2) is 0 Å². The van der Waals surface area contributed by atoms with Crippen molar-refractivity contribution in [2.75, 3.05) is 13.1 Å². The zero-order valence-electron chi connectivity index (χ0n) is 17.7.